The lowest BCUT2D eigenvalue weighted by Gasteiger charge is -2.36. The molecule has 0 saturated heterocycles. The van der Waals surface area contributed by atoms with Crippen molar-refractivity contribution in [1.82, 2.24) is 9.55 Å². The van der Waals surface area contributed by atoms with E-state index in [0.717, 1.165) is 31.6 Å². The molecule has 1 aromatic rings. The maximum Gasteiger partial charge on any atom is 0.137 e. The molecule has 0 amide bonds. The van der Waals surface area contributed by atoms with Crippen LogP contribution in [0.2, 0.25) is 0 Å². The van der Waals surface area contributed by atoms with E-state index in [4.69, 9.17) is 0 Å². The Hall–Kier alpha value is -0.830. The van der Waals surface area contributed by atoms with Gasteiger partial charge in [-0.2, -0.15) is 0 Å². The Bertz CT molecular complexity index is 374. The fraction of sp³-hybridized carbons (Fsp3) is 0.800. The molecule has 1 N–H and O–H groups in total. The van der Waals surface area contributed by atoms with Gasteiger partial charge in [0, 0.05) is 18.9 Å². The number of aliphatic hydroxyl groups is 1. The first-order chi connectivity index (χ1) is 8.53. The summed E-state index contributed by atoms with van der Waals surface area (Å²) in [5.74, 6) is 1.25. The van der Waals surface area contributed by atoms with Gasteiger partial charge in [-0.3, -0.25) is 0 Å². The Labute approximate surface area is 110 Å². The van der Waals surface area contributed by atoms with E-state index in [1.54, 1.807) is 6.20 Å². The number of nitrogens with zero attached hydrogens (tertiary/aromatic N) is 2. The molecule has 0 radical (unpaired) electrons. The summed E-state index contributed by atoms with van der Waals surface area (Å²) >= 11 is 0. The minimum Gasteiger partial charge on any atom is -0.385 e. The van der Waals surface area contributed by atoms with Crippen molar-refractivity contribution >= 4 is 0 Å². The number of hydrogen-bond donors (Lipinski definition) is 1. The van der Waals surface area contributed by atoms with Crippen LogP contribution < -0.4 is 0 Å². The third kappa shape index (κ3) is 2.94. The number of aliphatic hydroxyl groups excluding tert-OH is 1. The van der Waals surface area contributed by atoms with Gasteiger partial charge in [0.2, 0.25) is 0 Å². The first kappa shape index (κ1) is 13.6. The second kappa shape index (κ2) is 5.43. The van der Waals surface area contributed by atoms with Crippen molar-refractivity contribution in [2.75, 3.05) is 0 Å². The lowest BCUT2D eigenvalue weighted by atomic mass is 9.71. The van der Waals surface area contributed by atoms with E-state index in [2.05, 4.69) is 30.3 Å². The van der Waals surface area contributed by atoms with E-state index >= 15 is 0 Å². The normalized spacial score (nSPS) is 22.0. The second-order valence-electron chi connectivity index (χ2n) is 6.43. The molecular formula is C15H26N2O. The summed E-state index contributed by atoms with van der Waals surface area (Å²) in [4.78, 5) is 4.36. The molecule has 0 spiro atoms. The van der Waals surface area contributed by atoms with Crippen molar-refractivity contribution < 1.29 is 5.11 Å². The lowest BCUT2D eigenvalue weighted by Crippen LogP contribution is -2.26. The predicted molar refractivity (Wildman–Crippen MR) is 73.2 cm³/mol. The summed E-state index contributed by atoms with van der Waals surface area (Å²) in [6.07, 6.45) is 9.14. The fourth-order valence-corrected chi connectivity index (χ4v) is 2.97. The highest BCUT2D eigenvalue weighted by Crippen LogP contribution is 2.42. The van der Waals surface area contributed by atoms with E-state index in [1.165, 1.54) is 12.8 Å². The van der Waals surface area contributed by atoms with Crippen molar-refractivity contribution in [2.24, 2.45) is 11.3 Å². The number of aromatic nitrogens is 2. The van der Waals surface area contributed by atoms with Gasteiger partial charge in [-0.15, -0.1) is 0 Å². The van der Waals surface area contributed by atoms with Crippen LogP contribution >= 0.6 is 0 Å². The average Bonchev–Trinajstić information content (AvgIpc) is 2.77. The van der Waals surface area contributed by atoms with Crippen molar-refractivity contribution in [1.29, 1.82) is 0 Å². The highest BCUT2D eigenvalue weighted by atomic mass is 16.3. The molecule has 2 rings (SSSR count). The maximum atomic E-state index is 10.5. The topological polar surface area (TPSA) is 38.0 Å². The third-order valence-corrected chi connectivity index (χ3v) is 4.31. The Kier molecular flexibility index (Phi) is 4.10. The molecule has 1 fully saturated rings. The van der Waals surface area contributed by atoms with Crippen molar-refractivity contribution in [3.05, 3.63) is 18.2 Å². The van der Waals surface area contributed by atoms with Crippen LogP contribution in [0.1, 0.15) is 64.8 Å². The molecule has 0 bridgehead atoms. The van der Waals surface area contributed by atoms with Gasteiger partial charge >= 0.3 is 0 Å². The first-order valence-corrected chi connectivity index (χ1v) is 7.22. The van der Waals surface area contributed by atoms with Crippen LogP contribution in [-0.2, 0) is 6.54 Å². The van der Waals surface area contributed by atoms with Gasteiger partial charge in [0.05, 0.1) is 0 Å². The molecule has 1 atom stereocenters. The molecule has 1 heterocycles. The SMILES string of the molecule is CCCn1ccnc1C(O)C1CCC(C)(C)CC1. The van der Waals surface area contributed by atoms with E-state index in [1.807, 2.05) is 6.20 Å². The zero-order chi connectivity index (χ0) is 13.2. The molecule has 3 nitrogen and oxygen atoms in total. The molecule has 1 aliphatic rings. The van der Waals surface area contributed by atoms with Gasteiger partial charge in [0.25, 0.3) is 0 Å². The predicted octanol–water partition coefficient (Wildman–Crippen LogP) is 3.54. The summed E-state index contributed by atoms with van der Waals surface area (Å²) < 4.78 is 2.10. The standard InChI is InChI=1S/C15H26N2O/c1-4-10-17-11-9-16-14(17)13(18)12-5-7-15(2,3)8-6-12/h9,11-13,18H,4-8,10H2,1-3H3. The largest absolute Gasteiger partial charge is 0.385 e. The molecule has 1 unspecified atom stereocenters. The van der Waals surface area contributed by atoms with Crippen LogP contribution in [0.15, 0.2) is 12.4 Å². The number of imidazole rings is 1. The molecule has 102 valence electrons. The van der Waals surface area contributed by atoms with Crippen LogP contribution in [-0.4, -0.2) is 14.7 Å². The van der Waals surface area contributed by atoms with Crippen LogP contribution in [0.4, 0.5) is 0 Å². The number of aryl methyl sites for hydroxylation is 1. The van der Waals surface area contributed by atoms with E-state index in [-0.39, 0.29) is 6.10 Å². The minimum absolute atomic E-state index is 0.385. The Morgan fingerprint density at radius 3 is 2.72 bits per heavy atom. The molecule has 0 aliphatic heterocycles. The zero-order valence-electron chi connectivity index (χ0n) is 11.9. The van der Waals surface area contributed by atoms with E-state index in [9.17, 15) is 5.11 Å². The number of rotatable bonds is 4. The Balaban J connectivity index is 2.03. The highest BCUT2D eigenvalue weighted by molar-refractivity contribution is 4.99. The third-order valence-electron chi connectivity index (χ3n) is 4.31. The van der Waals surface area contributed by atoms with Gasteiger partial charge in [-0.05, 0) is 43.4 Å². The van der Waals surface area contributed by atoms with Crippen molar-refractivity contribution in [3.8, 4) is 0 Å². The van der Waals surface area contributed by atoms with Gasteiger partial charge in [0.1, 0.15) is 11.9 Å². The lowest BCUT2D eigenvalue weighted by molar-refractivity contribution is 0.0482. The van der Waals surface area contributed by atoms with Crippen LogP contribution in [0.25, 0.3) is 0 Å². The molecule has 3 heteroatoms. The zero-order valence-corrected chi connectivity index (χ0v) is 11.9. The first-order valence-electron chi connectivity index (χ1n) is 7.22. The summed E-state index contributed by atoms with van der Waals surface area (Å²) in [7, 11) is 0. The molecule has 18 heavy (non-hydrogen) atoms. The molecule has 1 aliphatic carbocycles. The Morgan fingerprint density at radius 2 is 2.11 bits per heavy atom. The van der Waals surface area contributed by atoms with Gasteiger partial charge in [-0.1, -0.05) is 20.8 Å². The van der Waals surface area contributed by atoms with Crippen LogP contribution in [0, 0.1) is 11.3 Å². The van der Waals surface area contributed by atoms with E-state index < -0.39 is 0 Å². The maximum absolute atomic E-state index is 10.5. The quantitative estimate of drug-likeness (QED) is 0.887. The summed E-state index contributed by atoms with van der Waals surface area (Å²) in [5, 5.41) is 10.5. The average molecular weight is 250 g/mol. The highest BCUT2D eigenvalue weighted by Gasteiger charge is 2.32. The smallest absolute Gasteiger partial charge is 0.137 e. The van der Waals surface area contributed by atoms with Crippen LogP contribution in [0.3, 0.4) is 0 Å². The van der Waals surface area contributed by atoms with Gasteiger partial charge in [0.15, 0.2) is 0 Å². The molecule has 0 aromatic carbocycles. The Morgan fingerprint density at radius 1 is 1.44 bits per heavy atom. The van der Waals surface area contributed by atoms with Gasteiger partial charge < -0.3 is 9.67 Å². The monoisotopic (exact) mass is 250 g/mol. The molecule has 1 aromatic heterocycles. The van der Waals surface area contributed by atoms with Gasteiger partial charge in [-0.25, -0.2) is 4.98 Å². The van der Waals surface area contributed by atoms with E-state index in [0.29, 0.717) is 11.3 Å². The second-order valence-corrected chi connectivity index (χ2v) is 6.43. The molecular weight excluding hydrogens is 224 g/mol. The van der Waals surface area contributed by atoms with Crippen LogP contribution in [0.5, 0.6) is 0 Å². The molecule has 1 saturated carbocycles. The van der Waals surface area contributed by atoms with Crippen molar-refractivity contribution in [2.45, 2.75) is 65.5 Å². The minimum atomic E-state index is -0.386. The summed E-state index contributed by atoms with van der Waals surface area (Å²) in [6.45, 7) is 7.76. The summed E-state index contributed by atoms with van der Waals surface area (Å²) in [6, 6.07) is 0. The van der Waals surface area contributed by atoms with Crippen molar-refractivity contribution in [3.63, 3.8) is 0 Å². The fourth-order valence-electron chi connectivity index (χ4n) is 2.97. The summed E-state index contributed by atoms with van der Waals surface area (Å²) in [5.41, 5.74) is 0.453. The number of hydrogen-bond acceptors (Lipinski definition) is 2.